The lowest BCUT2D eigenvalue weighted by atomic mass is 10.1. The summed E-state index contributed by atoms with van der Waals surface area (Å²) in [6, 6.07) is 16.8. The number of aryl methyl sites for hydroxylation is 1. The number of rotatable bonds is 3. The van der Waals surface area contributed by atoms with E-state index in [4.69, 9.17) is 5.11 Å². The van der Waals surface area contributed by atoms with Gasteiger partial charge in [-0.25, -0.2) is 0 Å². The lowest BCUT2D eigenvalue weighted by Crippen LogP contribution is -1.98. The molecule has 1 aromatic heterocycles. The molecule has 0 aliphatic carbocycles. The van der Waals surface area contributed by atoms with E-state index < -0.39 is 0 Å². The minimum Gasteiger partial charge on any atom is -0.392 e. The Bertz CT molecular complexity index is 695. The van der Waals surface area contributed by atoms with Crippen molar-refractivity contribution in [2.24, 2.45) is 0 Å². The molecule has 3 aromatic rings. The number of benzene rings is 2. The molecule has 0 bridgehead atoms. The highest BCUT2D eigenvalue weighted by atomic mass is 16.3. The summed E-state index contributed by atoms with van der Waals surface area (Å²) in [7, 11) is 0. The number of hydrogen-bond acceptors (Lipinski definition) is 1. The third-order valence-corrected chi connectivity index (χ3v) is 3.49. The second kappa shape index (κ2) is 4.90. The van der Waals surface area contributed by atoms with Gasteiger partial charge in [-0.05, 0) is 41.1 Å². The maximum atomic E-state index is 9.05. The second-order valence-corrected chi connectivity index (χ2v) is 4.98. The van der Waals surface area contributed by atoms with Gasteiger partial charge >= 0.3 is 0 Å². The standard InChI is InChI=1S/C17H17NO/c1-13-2-7-16-8-9-18(17(16)10-13)11-14-3-5-15(12-19)6-4-14/h2-10,19H,11-12H2,1H3. The Hall–Kier alpha value is -2.06. The molecule has 3 rings (SSSR count). The Balaban J connectivity index is 1.93. The highest BCUT2D eigenvalue weighted by Gasteiger charge is 2.02. The van der Waals surface area contributed by atoms with Gasteiger partial charge in [-0.15, -0.1) is 0 Å². The van der Waals surface area contributed by atoms with Crippen LogP contribution in [-0.4, -0.2) is 9.67 Å². The van der Waals surface area contributed by atoms with Gasteiger partial charge in [-0.3, -0.25) is 0 Å². The molecule has 2 aromatic carbocycles. The van der Waals surface area contributed by atoms with Crippen molar-refractivity contribution < 1.29 is 5.11 Å². The fourth-order valence-corrected chi connectivity index (χ4v) is 2.38. The van der Waals surface area contributed by atoms with Gasteiger partial charge in [0, 0.05) is 18.3 Å². The largest absolute Gasteiger partial charge is 0.392 e. The van der Waals surface area contributed by atoms with Gasteiger partial charge in [0.1, 0.15) is 0 Å². The smallest absolute Gasteiger partial charge is 0.0681 e. The molecule has 0 spiro atoms. The van der Waals surface area contributed by atoms with Gasteiger partial charge in [0.25, 0.3) is 0 Å². The van der Waals surface area contributed by atoms with Crippen molar-refractivity contribution in [3.63, 3.8) is 0 Å². The Morgan fingerprint density at radius 3 is 2.42 bits per heavy atom. The Morgan fingerprint density at radius 2 is 1.68 bits per heavy atom. The zero-order chi connectivity index (χ0) is 13.2. The summed E-state index contributed by atoms with van der Waals surface area (Å²) in [5.74, 6) is 0. The van der Waals surface area contributed by atoms with Crippen molar-refractivity contribution in [1.29, 1.82) is 0 Å². The van der Waals surface area contributed by atoms with Gasteiger partial charge in [0.05, 0.1) is 6.61 Å². The van der Waals surface area contributed by atoms with Crippen LogP contribution in [0.15, 0.2) is 54.7 Å². The molecule has 1 heterocycles. The molecule has 19 heavy (non-hydrogen) atoms. The molecule has 0 radical (unpaired) electrons. The second-order valence-electron chi connectivity index (χ2n) is 4.98. The van der Waals surface area contributed by atoms with E-state index in [9.17, 15) is 0 Å². The predicted octanol–water partition coefficient (Wildman–Crippen LogP) is 3.49. The summed E-state index contributed by atoms with van der Waals surface area (Å²) in [6.45, 7) is 3.08. The molecule has 96 valence electrons. The van der Waals surface area contributed by atoms with E-state index in [1.807, 2.05) is 12.1 Å². The molecule has 0 amide bonds. The molecule has 0 fully saturated rings. The fourth-order valence-electron chi connectivity index (χ4n) is 2.38. The third-order valence-electron chi connectivity index (χ3n) is 3.49. The van der Waals surface area contributed by atoms with Gasteiger partial charge in [-0.1, -0.05) is 36.4 Å². The normalized spacial score (nSPS) is 11.1. The summed E-state index contributed by atoms with van der Waals surface area (Å²) in [5, 5.41) is 10.3. The summed E-state index contributed by atoms with van der Waals surface area (Å²) in [4.78, 5) is 0. The van der Waals surface area contributed by atoms with Gasteiger partial charge < -0.3 is 9.67 Å². The van der Waals surface area contributed by atoms with Crippen molar-refractivity contribution in [3.8, 4) is 0 Å². The fraction of sp³-hybridized carbons (Fsp3) is 0.176. The lowest BCUT2D eigenvalue weighted by molar-refractivity contribution is 0.282. The number of hydrogen-bond donors (Lipinski definition) is 1. The van der Waals surface area contributed by atoms with E-state index in [-0.39, 0.29) is 6.61 Å². The Kier molecular flexibility index (Phi) is 3.10. The van der Waals surface area contributed by atoms with E-state index in [0.717, 1.165) is 12.1 Å². The van der Waals surface area contributed by atoms with E-state index in [2.05, 4.69) is 54.1 Å². The molecule has 0 saturated heterocycles. The summed E-state index contributed by atoms with van der Waals surface area (Å²) in [6.07, 6.45) is 2.13. The first kappa shape index (κ1) is 12.0. The molecule has 0 aliphatic heterocycles. The van der Waals surface area contributed by atoms with Crippen LogP contribution in [0.4, 0.5) is 0 Å². The summed E-state index contributed by atoms with van der Waals surface area (Å²) < 4.78 is 2.26. The highest BCUT2D eigenvalue weighted by Crippen LogP contribution is 2.19. The summed E-state index contributed by atoms with van der Waals surface area (Å²) in [5.41, 5.74) is 4.75. The van der Waals surface area contributed by atoms with Crippen LogP contribution in [0.1, 0.15) is 16.7 Å². The predicted molar refractivity (Wildman–Crippen MR) is 78.1 cm³/mol. The number of nitrogens with zero attached hydrogens (tertiary/aromatic N) is 1. The first-order valence-corrected chi connectivity index (χ1v) is 6.50. The number of fused-ring (bicyclic) bond motifs is 1. The van der Waals surface area contributed by atoms with Crippen LogP contribution < -0.4 is 0 Å². The van der Waals surface area contributed by atoms with E-state index >= 15 is 0 Å². The van der Waals surface area contributed by atoms with Crippen LogP contribution in [0.5, 0.6) is 0 Å². The van der Waals surface area contributed by atoms with Crippen molar-refractivity contribution >= 4 is 10.9 Å². The van der Waals surface area contributed by atoms with Gasteiger partial charge in [0.15, 0.2) is 0 Å². The first-order valence-electron chi connectivity index (χ1n) is 6.50. The van der Waals surface area contributed by atoms with Gasteiger partial charge in [0.2, 0.25) is 0 Å². The minimum atomic E-state index is 0.103. The molecule has 0 atom stereocenters. The SMILES string of the molecule is Cc1ccc2ccn(Cc3ccc(CO)cc3)c2c1. The van der Waals surface area contributed by atoms with Crippen LogP contribution in [0.2, 0.25) is 0 Å². The zero-order valence-corrected chi connectivity index (χ0v) is 11.0. The maximum absolute atomic E-state index is 9.05. The average Bonchev–Trinajstić information content (AvgIpc) is 2.82. The Labute approximate surface area is 112 Å². The molecule has 0 saturated carbocycles. The summed E-state index contributed by atoms with van der Waals surface area (Å²) >= 11 is 0. The van der Waals surface area contributed by atoms with E-state index in [0.29, 0.717) is 0 Å². The quantitative estimate of drug-likeness (QED) is 0.757. The molecule has 0 aliphatic rings. The first-order chi connectivity index (χ1) is 9.26. The van der Waals surface area contributed by atoms with Crippen molar-refractivity contribution in [1.82, 2.24) is 4.57 Å². The van der Waals surface area contributed by atoms with E-state index in [1.165, 1.54) is 22.0 Å². The molecular formula is C17H17NO. The number of aliphatic hydroxyl groups is 1. The van der Waals surface area contributed by atoms with Crippen molar-refractivity contribution in [2.45, 2.75) is 20.1 Å². The maximum Gasteiger partial charge on any atom is 0.0681 e. The number of aliphatic hydroxyl groups excluding tert-OH is 1. The highest BCUT2D eigenvalue weighted by molar-refractivity contribution is 5.80. The van der Waals surface area contributed by atoms with Crippen molar-refractivity contribution in [2.75, 3.05) is 0 Å². The van der Waals surface area contributed by atoms with Crippen LogP contribution in [0.3, 0.4) is 0 Å². The molecule has 1 N–H and O–H groups in total. The topological polar surface area (TPSA) is 25.2 Å². The molecule has 2 heteroatoms. The van der Waals surface area contributed by atoms with Gasteiger partial charge in [-0.2, -0.15) is 0 Å². The van der Waals surface area contributed by atoms with E-state index in [1.54, 1.807) is 0 Å². The van der Waals surface area contributed by atoms with Crippen LogP contribution in [0, 0.1) is 6.92 Å². The van der Waals surface area contributed by atoms with Crippen LogP contribution in [0.25, 0.3) is 10.9 Å². The molecule has 2 nitrogen and oxygen atoms in total. The van der Waals surface area contributed by atoms with Crippen LogP contribution >= 0.6 is 0 Å². The monoisotopic (exact) mass is 251 g/mol. The van der Waals surface area contributed by atoms with Crippen molar-refractivity contribution in [3.05, 3.63) is 71.4 Å². The third kappa shape index (κ3) is 2.40. The lowest BCUT2D eigenvalue weighted by Gasteiger charge is -2.07. The number of aromatic nitrogens is 1. The average molecular weight is 251 g/mol. The van der Waals surface area contributed by atoms with Crippen LogP contribution in [-0.2, 0) is 13.2 Å². The minimum absolute atomic E-state index is 0.103. The molecule has 0 unspecified atom stereocenters. The Morgan fingerprint density at radius 1 is 0.947 bits per heavy atom. The molecular weight excluding hydrogens is 234 g/mol. The zero-order valence-electron chi connectivity index (χ0n) is 11.0.